The molecule has 4 rings (SSSR count). The first kappa shape index (κ1) is 22.3. The highest BCUT2D eigenvalue weighted by Gasteiger charge is 2.16. The minimum Gasteiger partial charge on any atom is -0.467 e. The summed E-state index contributed by atoms with van der Waals surface area (Å²) in [4.78, 5) is 28.7. The van der Waals surface area contributed by atoms with E-state index in [1.54, 1.807) is 54.9 Å². The lowest BCUT2D eigenvalue weighted by Crippen LogP contribution is -2.15. The van der Waals surface area contributed by atoms with E-state index in [-0.39, 0.29) is 17.5 Å². The SMILES string of the molecule is COC(=O)c1cccc(NC(=O)CSc2ncc(-c3ccc(F)cc3)n2Cc2ccco2)c1. The number of rotatable bonds is 8. The van der Waals surface area contributed by atoms with Gasteiger partial charge in [-0.15, -0.1) is 0 Å². The van der Waals surface area contributed by atoms with Gasteiger partial charge in [-0.3, -0.25) is 4.79 Å². The van der Waals surface area contributed by atoms with Crippen LogP contribution in [0, 0.1) is 5.82 Å². The number of hydrogen-bond donors (Lipinski definition) is 1. The van der Waals surface area contributed by atoms with E-state index in [1.165, 1.54) is 31.0 Å². The fourth-order valence-corrected chi connectivity index (χ4v) is 3.98. The number of carbonyl (C=O) groups is 2. The number of halogens is 1. The molecule has 33 heavy (non-hydrogen) atoms. The van der Waals surface area contributed by atoms with E-state index in [4.69, 9.17) is 9.15 Å². The molecule has 0 unspecified atom stereocenters. The van der Waals surface area contributed by atoms with Crippen molar-refractivity contribution in [3.63, 3.8) is 0 Å². The van der Waals surface area contributed by atoms with Crippen LogP contribution in [0.5, 0.6) is 0 Å². The van der Waals surface area contributed by atoms with E-state index in [0.717, 1.165) is 17.0 Å². The molecule has 1 N–H and O–H groups in total. The van der Waals surface area contributed by atoms with Crippen LogP contribution in [0.2, 0.25) is 0 Å². The van der Waals surface area contributed by atoms with Crippen LogP contribution in [0.3, 0.4) is 0 Å². The van der Waals surface area contributed by atoms with E-state index >= 15 is 0 Å². The van der Waals surface area contributed by atoms with Crippen LogP contribution in [-0.2, 0) is 16.1 Å². The fraction of sp³-hybridized carbons (Fsp3) is 0.125. The summed E-state index contributed by atoms with van der Waals surface area (Å²) in [5.74, 6) is -0.229. The summed E-state index contributed by atoms with van der Waals surface area (Å²) in [5.41, 5.74) is 2.42. The largest absolute Gasteiger partial charge is 0.467 e. The Morgan fingerprint density at radius 2 is 1.97 bits per heavy atom. The highest BCUT2D eigenvalue weighted by atomic mass is 32.2. The number of thioether (sulfide) groups is 1. The van der Waals surface area contributed by atoms with E-state index in [9.17, 15) is 14.0 Å². The zero-order valence-electron chi connectivity index (χ0n) is 17.7. The third-order valence-corrected chi connectivity index (χ3v) is 5.74. The zero-order chi connectivity index (χ0) is 23.2. The van der Waals surface area contributed by atoms with Gasteiger partial charge < -0.3 is 19.0 Å². The molecule has 0 spiro atoms. The number of esters is 1. The molecule has 2 aromatic carbocycles. The molecule has 0 radical (unpaired) electrons. The smallest absolute Gasteiger partial charge is 0.337 e. The van der Waals surface area contributed by atoms with E-state index in [0.29, 0.717) is 23.0 Å². The van der Waals surface area contributed by atoms with Gasteiger partial charge in [-0.05, 0) is 60.2 Å². The number of methoxy groups -OCH3 is 1. The Hall–Kier alpha value is -3.85. The number of nitrogens with zero attached hydrogens (tertiary/aromatic N) is 2. The standard InChI is InChI=1S/C24H20FN3O4S/c1-31-23(30)17-4-2-5-19(12-17)27-22(29)15-33-24-26-13-21(16-7-9-18(25)10-8-16)28(24)14-20-6-3-11-32-20/h2-13H,14-15H2,1H3,(H,27,29). The van der Waals surface area contributed by atoms with Gasteiger partial charge in [0.1, 0.15) is 11.6 Å². The molecular formula is C24H20FN3O4S. The van der Waals surface area contributed by atoms with Crippen LogP contribution >= 0.6 is 11.8 Å². The average molecular weight is 466 g/mol. The Bertz CT molecular complexity index is 1250. The molecule has 0 atom stereocenters. The van der Waals surface area contributed by atoms with Crippen molar-refractivity contribution < 1.29 is 23.1 Å². The molecule has 0 aliphatic carbocycles. The number of furan rings is 1. The summed E-state index contributed by atoms with van der Waals surface area (Å²) in [6.45, 7) is 0.408. The number of benzene rings is 2. The van der Waals surface area contributed by atoms with Gasteiger partial charge in [0.25, 0.3) is 0 Å². The Morgan fingerprint density at radius 3 is 2.70 bits per heavy atom. The van der Waals surface area contributed by atoms with E-state index in [1.807, 2.05) is 10.6 Å². The highest BCUT2D eigenvalue weighted by Crippen LogP contribution is 2.28. The van der Waals surface area contributed by atoms with Gasteiger partial charge in [0, 0.05) is 5.69 Å². The molecule has 7 nitrogen and oxygen atoms in total. The molecule has 0 aliphatic rings. The van der Waals surface area contributed by atoms with Crippen LogP contribution in [0.25, 0.3) is 11.3 Å². The van der Waals surface area contributed by atoms with E-state index in [2.05, 4.69) is 10.3 Å². The third kappa shape index (κ3) is 5.50. The Morgan fingerprint density at radius 1 is 1.15 bits per heavy atom. The summed E-state index contributed by atoms with van der Waals surface area (Å²) in [6.07, 6.45) is 3.28. The van der Waals surface area contributed by atoms with Gasteiger partial charge in [0.15, 0.2) is 5.16 Å². The summed E-state index contributed by atoms with van der Waals surface area (Å²) >= 11 is 1.26. The number of carbonyl (C=O) groups excluding carboxylic acids is 2. The number of ether oxygens (including phenoxy) is 1. The molecular weight excluding hydrogens is 445 g/mol. The second kappa shape index (κ2) is 10.2. The maximum absolute atomic E-state index is 13.4. The molecule has 0 aliphatic heterocycles. The number of anilines is 1. The molecule has 4 aromatic rings. The van der Waals surface area contributed by atoms with Gasteiger partial charge in [-0.2, -0.15) is 0 Å². The molecule has 9 heteroatoms. The van der Waals surface area contributed by atoms with Crippen molar-refractivity contribution in [2.24, 2.45) is 0 Å². The van der Waals surface area contributed by atoms with Crippen molar-refractivity contribution in [2.75, 3.05) is 18.2 Å². The van der Waals surface area contributed by atoms with Gasteiger partial charge in [0.05, 0.1) is 43.1 Å². The lowest BCUT2D eigenvalue weighted by molar-refractivity contribution is -0.113. The topological polar surface area (TPSA) is 86.4 Å². The Balaban J connectivity index is 1.50. The molecule has 0 fully saturated rings. The van der Waals surface area contributed by atoms with Gasteiger partial charge >= 0.3 is 5.97 Å². The summed E-state index contributed by atoms with van der Waals surface area (Å²) in [7, 11) is 1.30. The van der Waals surface area contributed by atoms with Crippen LogP contribution < -0.4 is 5.32 Å². The highest BCUT2D eigenvalue weighted by molar-refractivity contribution is 7.99. The number of hydrogen-bond acceptors (Lipinski definition) is 6. The zero-order valence-corrected chi connectivity index (χ0v) is 18.5. The second-order valence-electron chi connectivity index (χ2n) is 7.01. The summed E-state index contributed by atoms with van der Waals surface area (Å²) in [5, 5.41) is 3.39. The minimum absolute atomic E-state index is 0.0977. The van der Waals surface area contributed by atoms with Crippen molar-refractivity contribution in [3.05, 3.63) is 90.3 Å². The van der Waals surface area contributed by atoms with E-state index < -0.39 is 5.97 Å². The Kier molecular flexibility index (Phi) is 6.89. The fourth-order valence-electron chi connectivity index (χ4n) is 3.21. The van der Waals surface area contributed by atoms with Crippen molar-refractivity contribution in [1.82, 2.24) is 9.55 Å². The van der Waals surface area contributed by atoms with Crippen LogP contribution in [-0.4, -0.2) is 34.3 Å². The number of nitrogens with one attached hydrogen (secondary N) is 1. The first-order valence-corrected chi connectivity index (χ1v) is 11.0. The lowest BCUT2D eigenvalue weighted by atomic mass is 10.1. The molecule has 168 valence electrons. The molecule has 0 bridgehead atoms. The Labute approximate surface area is 193 Å². The van der Waals surface area contributed by atoms with Crippen LogP contribution in [0.15, 0.2) is 82.7 Å². The lowest BCUT2D eigenvalue weighted by Gasteiger charge is -2.11. The van der Waals surface area contributed by atoms with Crippen molar-refractivity contribution in [1.29, 1.82) is 0 Å². The van der Waals surface area contributed by atoms with Crippen LogP contribution in [0.1, 0.15) is 16.1 Å². The van der Waals surface area contributed by atoms with Gasteiger partial charge in [-0.1, -0.05) is 17.8 Å². The number of aromatic nitrogens is 2. The molecule has 1 amide bonds. The first-order valence-electron chi connectivity index (χ1n) is 9.98. The molecule has 2 heterocycles. The number of amides is 1. The second-order valence-corrected chi connectivity index (χ2v) is 7.95. The van der Waals surface area contributed by atoms with Crippen LogP contribution in [0.4, 0.5) is 10.1 Å². The number of imidazole rings is 1. The predicted octanol–water partition coefficient (Wildman–Crippen LogP) is 4.85. The maximum atomic E-state index is 13.4. The quantitative estimate of drug-likeness (QED) is 0.296. The normalized spacial score (nSPS) is 10.7. The molecule has 0 saturated heterocycles. The molecule has 0 saturated carbocycles. The minimum atomic E-state index is -0.478. The first-order chi connectivity index (χ1) is 16.0. The van der Waals surface area contributed by atoms with Crippen molar-refractivity contribution in [3.8, 4) is 11.3 Å². The van der Waals surface area contributed by atoms with Gasteiger partial charge in [-0.25, -0.2) is 14.2 Å². The van der Waals surface area contributed by atoms with Gasteiger partial charge in [0.2, 0.25) is 5.91 Å². The molecule has 2 aromatic heterocycles. The predicted molar refractivity (Wildman–Crippen MR) is 123 cm³/mol. The monoisotopic (exact) mass is 465 g/mol. The average Bonchev–Trinajstić information content (AvgIpc) is 3.48. The van der Waals surface area contributed by atoms with Crippen molar-refractivity contribution >= 4 is 29.3 Å². The third-order valence-electron chi connectivity index (χ3n) is 4.75. The summed E-state index contributed by atoms with van der Waals surface area (Å²) in [6, 6.07) is 16.3. The van der Waals surface area contributed by atoms with Crippen molar-refractivity contribution in [2.45, 2.75) is 11.7 Å². The maximum Gasteiger partial charge on any atom is 0.337 e. The summed E-state index contributed by atoms with van der Waals surface area (Å²) < 4.78 is 25.5.